The molecule has 8 nitrogen and oxygen atoms in total. The van der Waals surface area contributed by atoms with Crippen molar-refractivity contribution in [1.82, 2.24) is 14.9 Å². The smallest absolute Gasteiger partial charge is 0.376 e. The van der Waals surface area contributed by atoms with Crippen LogP contribution in [0.2, 0.25) is 0 Å². The number of carbonyl (C=O) groups is 2. The molecule has 0 aliphatic carbocycles. The number of carbonyl (C=O) groups excluding carboxylic acids is 2. The number of aliphatic hydroxyl groups is 1. The second kappa shape index (κ2) is 10.4. The number of hydrogen-bond donors (Lipinski definition) is 3. The molecule has 0 saturated carbocycles. The Balaban J connectivity index is 1.42. The molecular weight excluding hydrogens is 520 g/mol. The minimum atomic E-state index is -5.06. The zero-order valence-corrected chi connectivity index (χ0v) is 19.5. The molecule has 1 saturated heterocycles. The van der Waals surface area contributed by atoms with Gasteiger partial charge < -0.3 is 25.2 Å². The van der Waals surface area contributed by atoms with E-state index in [1.807, 2.05) is 0 Å². The molecule has 0 bridgehead atoms. The van der Waals surface area contributed by atoms with E-state index in [4.69, 9.17) is 5.11 Å². The number of aliphatic hydroxyl groups excluding tert-OH is 1. The second-order valence-corrected chi connectivity index (χ2v) is 8.45. The number of benzene rings is 1. The normalized spacial score (nSPS) is 15.3. The van der Waals surface area contributed by atoms with Crippen molar-refractivity contribution in [3.63, 3.8) is 0 Å². The molecule has 2 amide bonds. The van der Waals surface area contributed by atoms with E-state index in [0.29, 0.717) is 11.4 Å². The van der Waals surface area contributed by atoms with Crippen molar-refractivity contribution >= 4 is 23.3 Å². The van der Waals surface area contributed by atoms with Crippen LogP contribution in [0, 0.1) is 0 Å². The van der Waals surface area contributed by atoms with Gasteiger partial charge in [0.25, 0.3) is 11.8 Å². The highest BCUT2D eigenvalue weighted by molar-refractivity contribution is 6.04. The molecule has 38 heavy (non-hydrogen) atoms. The van der Waals surface area contributed by atoms with E-state index in [0.717, 1.165) is 11.0 Å². The Labute approximate surface area is 211 Å². The molecule has 1 fully saturated rings. The van der Waals surface area contributed by atoms with Crippen LogP contribution in [-0.4, -0.2) is 70.2 Å². The summed E-state index contributed by atoms with van der Waals surface area (Å²) in [6.07, 6.45) is -11.7. The first-order valence-corrected chi connectivity index (χ1v) is 11.3. The fraction of sp³-hybridized carbons (Fsp3) is 0.292. The number of rotatable bonds is 5. The third-order valence-electron chi connectivity index (χ3n) is 5.90. The van der Waals surface area contributed by atoms with Crippen LogP contribution in [0.15, 0.2) is 54.7 Å². The monoisotopic (exact) mass is 541 g/mol. The number of anilines is 2. The molecule has 3 N–H and O–H groups in total. The fourth-order valence-electron chi connectivity index (χ4n) is 3.94. The Hall–Kier alpha value is -4.07. The lowest BCUT2D eigenvalue weighted by molar-refractivity contribution is -0.210. The molecule has 3 aromatic rings. The van der Waals surface area contributed by atoms with Gasteiger partial charge in [0.15, 0.2) is 0 Å². The highest BCUT2D eigenvalue weighted by Crippen LogP contribution is 2.35. The standard InChI is InChI=1S/C24H21F6N5O3/c25-23(26,27)16-12-17(14-4-2-1-3-5-14)33-19(16)21(37)32-15-6-7-18(31-13-15)34-8-10-35(11-9-34)22(38)20(36)24(28,29)30/h1-7,12-13,20,33,36H,8-11H2,(H,32,37). The van der Waals surface area contributed by atoms with Crippen LogP contribution in [0.25, 0.3) is 11.3 Å². The first kappa shape index (κ1) is 27.0. The van der Waals surface area contributed by atoms with Gasteiger partial charge in [-0.25, -0.2) is 4.98 Å². The van der Waals surface area contributed by atoms with E-state index in [-0.39, 0.29) is 37.6 Å². The Kier molecular flexibility index (Phi) is 7.35. The molecule has 14 heteroatoms. The van der Waals surface area contributed by atoms with E-state index in [1.165, 1.54) is 18.3 Å². The molecule has 1 atom stereocenters. The third kappa shape index (κ3) is 5.90. The number of hydrogen-bond acceptors (Lipinski definition) is 5. The van der Waals surface area contributed by atoms with E-state index < -0.39 is 41.5 Å². The zero-order valence-electron chi connectivity index (χ0n) is 19.5. The predicted molar refractivity (Wildman–Crippen MR) is 124 cm³/mol. The van der Waals surface area contributed by atoms with Crippen molar-refractivity contribution in [2.24, 2.45) is 0 Å². The van der Waals surface area contributed by atoms with E-state index in [1.54, 1.807) is 35.2 Å². The highest BCUT2D eigenvalue weighted by atomic mass is 19.4. The minimum absolute atomic E-state index is 0.0804. The first-order valence-electron chi connectivity index (χ1n) is 11.3. The van der Waals surface area contributed by atoms with E-state index >= 15 is 0 Å². The number of pyridine rings is 1. The predicted octanol–water partition coefficient (Wildman–Crippen LogP) is 3.92. The molecule has 1 unspecified atom stereocenters. The van der Waals surface area contributed by atoms with Gasteiger partial charge in [0.05, 0.1) is 17.4 Å². The quantitative estimate of drug-likeness (QED) is 0.425. The number of nitrogens with zero attached hydrogens (tertiary/aromatic N) is 3. The topological polar surface area (TPSA) is 102 Å². The Morgan fingerprint density at radius 2 is 1.63 bits per heavy atom. The molecule has 1 aliphatic heterocycles. The summed E-state index contributed by atoms with van der Waals surface area (Å²) in [6.45, 7) is 0.106. The van der Waals surface area contributed by atoms with Gasteiger partial charge in [0, 0.05) is 31.9 Å². The Bertz CT molecular complexity index is 1280. The average Bonchev–Trinajstić information content (AvgIpc) is 3.35. The maximum absolute atomic E-state index is 13.6. The van der Waals surface area contributed by atoms with Gasteiger partial charge in [0.1, 0.15) is 11.5 Å². The van der Waals surface area contributed by atoms with Crippen molar-refractivity contribution in [3.05, 3.63) is 66.0 Å². The minimum Gasteiger partial charge on any atom is -0.376 e. The molecule has 0 spiro atoms. The lowest BCUT2D eigenvalue weighted by atomic mass is 10.1. The molecular formula is C24H21F6N5O3. The van der Waals surface area contributed by atoms with Gasteiger partial charge in [-0.2, -0.15) is 26.3 Å². The number of aromatic amines is 1. The summed E-state index contributed by atoms with van der Waals surface area (Å²) in [4.78, 5) is 33.8. The number of nitrogens with one attached hydrogen (secondary N) is 2. The Morgan fingerprint density at radius 1 is 0.974 bits per heavy atom. The molecule has 1 aromatic carbocycles. The maximum Gasteiger partial charge on any atom is 0.423 e. The van der Waals surface area contributed by atoms with Crippen molar-refractivity contribution in [2.45, 2.75) is 18.5 Å². The summed E-state index contributed by atoms with van der Waals surface area (Å²) < 4.78 is 78.6. The lowest BCUT2D eigenvalue weighted by Gasteiger charge is -2.36. The first-order chi connectivity index (χ1) is 17.8. The van der Waals surface area contributed by atoms with Crippen LogP contribution in [0.3, 0.4) is 0 Å². The largest absolute Gasteiger partial charge is 0.423 e. The van der Waals surface area contributed by atoms with Crippen LogP contribution >= 0.6 is 0 Å². The third-order valence-corrected chi connectivity index (χ3v) is 5.90. The van der Waals surface area contributed by atoms with Gasteiger partial charge in [-0.05, 0) is 23.8 Å². The van der Waals surface area contributed by atoms with Crippen molar-refractivity contribution in [2.75, 3.05) is 36.4 Å². The Morgan fingerprint density at radius 3 is 2.18 bits per heavy atom. The summed E-state index contributed by atoms with van der Waals surface area (Å²) in [5.74, 6) is -2.07. The van der Waals surface area contributed by atoms with Gasteiger partial charge in [-0.1, -0.05) is 30.3 Å². The molecule has 3 heterocycles. The number of piperazine rings is 1. The summed E-state index contributed by atoms with van der Waals surface area (Å²) in [6, 6.07) is 12.0. The number of halogens is 6. The van der Waals surface area contributed by atoms with Crippen molar-refractivity contribution in [3.8, 4) is 11.3 Å². The molecule has 0 radical (unpaired) electrons. The van der Waals surface area contributed by atoms with Crippen molar-refractivity contribution < 1.29 is 41.0 Å². The van der Waals surface area contributed by atoms with Crippen LogP contribution in [0.4, 0.5) is 37.8 Å². The van der Waals surface area contributed by atoms with E-state index in [9.17, 15) is 35.9 Å². The number of aromatic nitrogens is 2. The highest BCUT2D eigenvalue weighted by Gasteiger charge is 2.45. The SMILES string of the molecule is O=C(Nc1ccc(N2CCN(C(=O)C(O)C(F)(F)F)CC2)nc1)c1[nH]c(-c2ccccc2)cc1C(F)(F)F. The van der Waals surface area contributed by atoms with Crippen molar-refractivity contribution in [1.29, 1.82) is 0 Å². The summed E-state index contributed by atoms with van der Waals surface area (Å²) in [7, 11) is 0. The van der Waals surface area contributed by atoms with Gasteiger partial charge in [-0.3, -0.25) is 9.59 Å². The van der Waals surface area contributed by atoms with Crippen LogP contribution in [0.5, 0.6) is 0 Å². The average molecular weight is 541 g/mol. The van der Waals surface area contributed by atoms with Crippen LogP contribution < -0.4 is 10.2 Å². The number of H-pyrrole nitrogens is 1. The summed E-state index contributed by atoms with van der Waals surface area (Å²) in [5.41, 5.74) is -1.08. The second-order valence-electron chi connectivity index (χ2n) is 8.45. The molecule has 1 aliphatic rings. The molecule has 202 valence electrons. The van der Waals surface area contributed by atoms with Gasteiger partial charge >= 0.3 is 12.4 Å². The molecule has 4 rings (SSSR count). The zero-order chi connectivity index (χ0) is 27.7. The van der Waals surface area contributed by atoms with Gasteiger partial charge in [-0.15, -0.1) is 0 Å². The lowest BCUT2D eigenvalue weighted by Crippen LogP contribution is -2.54. The summed E-state index contributed by atoms with van der Waals surface area (Å²) in [5, 5.41) is 11.5. The number of amides is 2. The number of alkyl halides is 6. The van der Waals surface area contributed by atoms with Gasteiger partial charge in [0.2, 0.25) is 6.10 Å². The van der Waals surface area contributed by atoms with Crippen LogP contribution in [-0.2, 0) is 11.0 Å². The van der Waals surface area contributed by atoms with Crippen LogP contribution in [0.1, 0.15) is 16.1 Å². The van der Waals surface area contributed by atoms with E-state index in [2.05, 4.69) is 15.3 Å². The molecule has 2 aromatic heterocycles. The maximum atomic E-state index is 13.6. The summed E-state index contributed by atoms with van der Waals surface area (Å²) >= 11 is 0. The fourth-order valence-corrected chi connectivity index (χ4v) is 3.94.